The molecular formula is C15H23FN2O2S. The largest absolute Gasteiger partial charge is 0.313 e. The van der Waals surface area contributed by atoms with E-state index in [1.165, 1.54) is 23.5 Å². The minimum atomic E-state index is -3.75. The van der Waals surface area contributed by atoms with Crippen molar-refractivity contribution in [3.05, 3.63) is 29.6 Å². The number of nitrogens with one attached hydrogen (secondary N) is 1. The van der Waals surface area contributed by atoms with Crippen LogP contribution in [0.2, 0.25) is 0 Å². The van der Waals surface area contributed by atoms with Crippen molar-refractivity contribution in [1.82, 2.24) is 9.62 Å². The third kappa shape index (κ3) is 3.81. The molecule has 1 fully saturated rings. The van der Waals surface area contributed by atoms with E-state index in [-0.39, 0.29) is 4.90 Å². The molecule has 6 heteroatoms. The van der Waals surface area contributed by atoms with Crippen LogP contribution in [0.15, 0.2) is 23.1 Å². The summed E-state index contributed by atoms with van der Waals surface area (Å²) in [6.07, 6.45) is 1.05. The first-order chi connectivity index (χ1) is 9.86. The molecule has 4 nitrogen and oxygen atoms in total. The number of rotatable bonds is 7. The van der Waals surface area contributed by atoms with Gasteiger partial charge >= 0.3 is 0 Å². The van der Waals surface area contributed by atoms with Crippen molar-refractivity contribution >= 4 is 10.0 Å². The minimum absolute atomic E-state index is 0.237. The number of nitrogens with zero attached hydrogens (tertiary/aromatic N) is 1. The molecule has 0 radical (unpaired) electrons. The van der Waals surface area contributed by atoms with E-state index in [0.717, 1.165) is 18.5 Å². The lowest BCUT2D eigenvalue weighted by atomic mass is 10.2. The Morgan fingerprint density at radius 1 is 1.43 bits per heavy atom. The van der Waals surface area contributed by atoms with Gasteiger partial charge in [-0.25, -0.2) is 17.1 Å². The summed E-state index contributed by atoms with van der Waals surface area (Å²) in [5.74, 6) is 0.289. The highest BCUT2D eigenvalue weighted by atomic mass is 32.2. The molecule has 1 aliphatic carbocycles. The van der Waals surface area contributed by atoms with Gasteiger partial charge in [0.25, 0.3) is 0 Å². The molecule has 0 bridgehead atoms. The van der Waals surface area contributed by atoms with Crippen molar-refractivity contribution in [1.29, 1.82) is 0 Å². The van der Waals surface area contributed by atoms with E-state index in [0.29, 0.717) is 24.9 Å². The molecular weight excluding hydrogens is 291 g/mol. The molecule has 1 aliphatic rings. The first-order valence-corrected chi connectivity index (χ1v) is 8.75. The molecule has 0 aromatic heterocycles. The zero-order valence-corrected chi connectivity index (χ0v) is 13.6. The van der Waals surface area contributed by atoms with Crippen molar-refractivity contribution in [2.24, 2.45) is 11.8 Å². The molecule has 2 rings (SSSR count). The van der Waals surface area contributed by atoms with Crippen LogP contribution in [-0.4, -0.2) is 32.9 Å². The Morgan fingerprint density at radius 3 is 2.62 bits per heavy atom. The van der Waals surface area contributed by atoms with Gasteiger partial charge in [0, 0.05) is 20.1 Å². The fraction of sp³-hybridized carbons (Fsp3) is 0.600. The van der Waals surface area contributed by atoms with Crippen LogP contribution in [0, 0.1) is 17.7 Å². The molecule has 0 saturated heterocycles. The average molecular weight is 314 g/mol. The summed E-state index contributed by atoms with van der Waals surface area (Å²) < 4.78 is 40.2. The van der Waals surface area contributed by atoms with E-state index >= 15 is 0 Å². The van der Waals surface area contributed by atoms with Crippen LogP contribution in [0.3, 0.4) is 0 Å². The van der Waals surface area contributed by atoms with Gasteiger partial charge in [-0.2, -0.15) is 0 Å². The molecule has 0 amide bonds. The first kappa shape index (κ1) is 16.4. The van der Waals surface area contributed by atoms with Crippen LogP contribution < -0.4 is 5.32 Å². The van der Waals surface area contributed by atoms with Crippen molar-refractivity contribution in [2.45, 2.75) is 31.7 Å². The van der Waals surface area contributed by atoms with E-state index in [1.807, 2.05) is 6.92 Å². The lowest BCUT2D eigenvalue weighted by Gasteiger charge is -2.18. The second-order valence-electron chi connectivity index (χ2n) is 5.80. The molecule has 118 valence electrons. The number of halogens is 1. The van der Waals surface area contributed by atoms with Crippen molar-refractivity contribution in [2.75, 3.05) is 20.1 Å². The summed E-state index contributed by atoms with van der Waals surface area (Å²) in [5.41, 5.74) is 0.742. The van der Waals surface area contributed by atoms with Gasteiger partial charge < -0.3 is 5.32 Å². The minimum Gasteiger partial charge on any atom is -0.313 e. The predicted octanol–water partition coefficient (Wildman–Crippen LogP) is 2.21. The Morgan fingerprint density at radius 2 is 2.10 bits per heavy atom. The standard InChI is InChI=1S/C15H23FN2O2S/c1-4-17-9-12-5-6-15(14(16)8-12)21(19,20)18(3)10-13-7-11(13)2/h5-6,8,11,13,17H,4,7,9-10H2,1-3H3. The Labute approximate surface area is 126 Å². The molecule has 0 aliphatic heterocycles. The fourth-order valence-corrected chi connectivity index (χ4v) is 3.65. The number of hydrogen-bond acceptors (Lipinski definition) is 3. The highest BCUT2D eigenvalue weighted by Crippen LogP contribution is 2.38. The lowest BCUT2D eigenvalue weighted by molar-refractivity contribution is 0.440. The average Bonchev–Trinajstić information content (AvgIpc) is 3.11. The fourth-order valence-electron chi connectivity index (χ4n) is 2.38. The summed E-state index contributed by atoms with van der Waals surface area (Å²) in [4.78, 5) is -0.237. The molecule has 21 heavy (non-hydrogen) atoms. The zero-order chi connectivity index (χ0) is 15.6. The van der Waals surface area contributed by atoms with Crippen LogP contribution in [0.5, 0.6) is 0 Å². The highest BCUT2D eigenvalue weighted by molar-refractivity contribution is 7.89. The van der Waals surface area contributed by atoms with Crippen molar-refractivity contribution < 1.29 is 12.8 Å². The summed E-state index contributed by atoms with van der Waals surface area (Å²) in [7, 11) is -2.23. The van der Waals surface area contributed by atoms with Crippen LogP contribution in [-0.2, 0) is 16.6 Å². The third-order valence-electron chi connectivity index (χ3n) is 4.03. The quantitative estimate of drug-likeness (QED) is 0.839. The van der Waals surface area contributed by atoms with E-state index in [1.54, 1.807) is 6.07 Å². The Hall–Kier alpha value is -0.980. The van der Waals surface area contributed by atoms with Gasteiger partial charge in [0.2, 0.25) is 10.0 Å². The van der Waals surface area contributed by atoms with E-state index in [2.05, 4.69) is 12.2 Å². The monoisotopic (exact) mass is 314 g/mol. The van der Waals surface area contributed by atoms with Crippen LogP contribution in [0.25, 0.3) is 0 Å². The van der Waals surface area contributed by atoms with Crippen LogP contribution >= 0.6 is 0 Å². The van der Waals surface area contributed by atoms with Gasteiger partial charge in [-0.15, -0.1) is 0 Å². The Bertz CT molecular complexity index is 604. The van der Waals surface area contributed by atoms with Gasteiger partial charge in [0.05, 0.1) is 0 Å². The molecule has 1 aromatic rings. The molecule has 1 N–H and O–H groups in total. The SMILES string of the molecule is CCNCc1ccc(S(=O)(=O)N(C)CC2CC2C)c(F)c1. The second-order valence-corrected chi connectivity index (χ2v) is 7.82. The summed E-state index contributed by atoms with van der Waals surface area (Å²) in [6, 6.07) is 4.32. The van der Waals surface area contributed by atoms with Crippen molar-refractivity contribution in [3.63, 3.8) is 0 Å². The van der Waals surface area contributed by atoms with Crippen molar-refractivity contribution in [3.8, 4) is 0 Å². The normalized spacial score (nSPS) is 21.8. The van der Waals surface area contributed by atoms with E-state index < -0.39 is 15.8 Å². The van der Waals surface area contributed by atoms with Crippen LogP contribution in [0.4, 0.5) is 4.39 Å². The number of sulfonamides is 1. The van der Waals surface area contributed by atoms with Crippen LogP contribution in [0.1, 0.15) is 25.8 Å². The van der Waals surface area contributed by atoms with Gasteiger partial charge in [0.15, 0.2) is 0 Å². The summed E-state index contributed by atoms with van der Waals surface area (Å²) in [5, 5.41) is 3.09. The van der Waals surface area contributed by atoms with Gasteiger partial charge in [-0.1, -0.05) is 19.9 Å². The maximum Gasteiger partial charge on any atom is 0.245 e. The van der Waals surface area contributed by atoms with Gasteiger partial charge in [0.1, 0.15) is 10.7 Å². The van der Waals surface area contributed by atoms with E-state index in [9.17, 15) is 12.8 Å². The summed E-state index contributed by atoms with van der Waals surface area (Å²) in [6.45, 7) is 5.83. The molecule has 0 spiro atoms. The Kier molecular flexibility index (Phi) is 5.01. The molecule has 0 heterocycles. The maximum absolute atomic E-state index is 14.1. The van der Waals surface area contributed by atoms with E-state index in [4.69, 9.17) is 0 Å². The maximum atomic E-state index is 14.1. The number of benzene rings is 1. The highest BCUT2D eigenvalue weighted by Gasteiger charge is 2.36. The van der Waals surface area contributed by atoms with Gasteiger partial charge in [-0.3, -0.25) is 0 Å². The van der Waals surface area contributed by atoms with Gasteiger partial charge in [-0.05, 0) is 42.5 Å². The number of hydrogen-bond donors (Lipinski definition) is 1. The topological polar surface area (TPSA) is 49.4 Å². The second kappa shape index (κ2) is 6.42. The molecule has 1 aromatic carbocycles. The Balaban J connectivity index is 2.15. The lowest BCUT2D eigenvalue weighted by Crippen LogP contribution is -2.30. The molecule has 1 saturated carbocycles. The molecule has 2 unspecified atom stereocenters. The molecule has 2 atom stereocenters. The first-order valence-electron chi connectivity index (χ1n) is 7.31. The zero-order valence-electron chi connectivity index (χ0n) is 12.8. The third-order valence-corrected chi connectivity index (χ3v) is 5.89. The smallest absolute Gasteiger partial charge is 0.245 e. The summed E-state index contributed by atoms with van der Waals surface area (Å²) >= 11 is 0. The predicted molar refractivity (Wildman–Crippen MR) is 80.9 cm³/mol.